The van der Waals surface area contributed by atoms with E-state index in [9.17, 15) is 14.4 Å². The fraction of sp³-hybridized carbons (Fsp3) is 0. The molecule has 0 radical (unpaired) electrons. The van der Waals surface area contributed by atoms with Gasteiger partial charge < -0.3 is 7.43 Å². The van der Waals surface area contributed by atoms with Gasteiger partial charge in [0.25, 0.3) is 0 Å². The summed E-state index contributed by atoms with van der Waals surface area (Å²) >= 11 is -2.85. The van der Waals surface area contributed by atoms with Crippen LogP contribution in [0.4, 0.5) is 0 Å². The van der Waals surface area contributed by atoms with Gasteiger partial charge in [0.15, 0.2) is 0 Å². The van der Waals surface area contributed by atoms with Crippen molar-refractivity contribution in [2.75, 3.05) is 0 Å². The fourth-order valence-electron chi connectivity index (χ4n) is 0.0510. The van der Waals surface area contributed by atoms with Crippen LogP contribution in [0.2, 0.25) is 0 Å². The molecule has 0 aromatic rings. The van der Waals surface area contributed by atoms with E-state index in [4.69, 9.17) is 0 Å². The van der Waals surface area contributed by atoms with E-state index in [2.05, 4.69) is 0 Å². The van der Waals surface area contributed by atoms with Crippen LogP contribution in [0.5, 0.6) is 0 Å². The molecule has 8 heavy (non-hydrogen) atoms. The van der Waals surface area contributed by atoms with Gasteiger partial charge >= 0.3 is 43.1 Å². The summed E-state index contributed by atoms with van der Waals surface area (Å²) in [5, 5.41) is 0. The molecule has 0 saturated carbocycles. The van der Waals surface area contributed by atoms with Crippen molar-refractivity contribution < 1.29 is 30.3 Å². The first-order valence-electron chi connectivity index (χ1n) is 1.22. The largest absolute Gasteiger partial charge is 0.358 e. The van der Waals surface area contributed by atoms with E-state index in [1.54, 1.807) is 0 Å². The summed E-state index contributed by atoms with van der Waals surface area (Å²) in [7, 11) is 0. The number of hydrogen-bond acceptors (Lipinski definition) is 3. The molecule has 0 aliphatic heterocycles. The molecular formula is C4H3MoO3-. The SMILES string of the molecule is O=[C]=[Mo](=[C]=O)=[C]=O.[CH3-]. The summed E-state index contributed by atoms with van der Waals surface area (Å²) in [6, 6.07) is 0. The molecule has 0 atom stereocenters. The summed E-state index contributed by atoms with van der Waals surface area (Å²) < 4.78 is 3.82. The number of hydrogen-bond donors (Lipinski definition) is 0. The van der Waals surface area contributed by atoms with Crippen molar-refractivity contribution >= 4 is 12.8 Å². The molecule has 0 rings (SSSR count). The first-order chi connectivity index (χ1) is 3.35. The maximum atomic E-state index is 9.39. The minimum absolute atomic E-state index is 0. The van der Waals surface area contributed by atoms with Gasteiger partial charge in [0.1, 0.15) is 0 Å². The predicted molar refractivity (Wildman–Crippen MR) is 23.5 cm³/mol. The van der Waals surface area contributed by atoms with Crippen LogP contribution in [0.15, 0.2) is 0 Å². The van der Waals surface area contributed by atoms with E-state index in [-0.39, 0.29) is 7.43 Å². The molecule has 0 spiro atoms. The van der Waals surface area contributed by atoms with Crippen LogP contribution in [0, 0.1) is 7.43 Å². The summed E-state index contributed by atoms with van der Waals surface area (Å²) in [5.41, 5.74) is 0. The smallest absolute Gasteiger partial charge is 0.358 e. The summed E-state index contributed by atoms with van der Waals surface area (Å²) in [4.78, 5) is 28.2. The molecule has 0 aliphatic carbocycles. The zero-order valence-corrected chi connectivity index (χ0v) is 6.14. The van der Waals surface area contributed by atoms with Crippen molar-refractivity contribution in [2.45, 2.75) is 0 Å². The monoisotopic (exact) mass is 197 g/mol. The third-order valence-electron chi connectivity index (χ3n) is 0.250. The maximum Gasteiger partial charge on any atom is -0.358 e. The average molecular weight is 195 g/mol. The predicted octanol–water partition coefficient (Wildman–Crippen LogP) is -0.744. The Morgan fingerprint density at radius 1 is 0.875 bits per heavy atom. The molecule has 0 saturated heterocycles. The van der Waals surface area contributed by atoms with Gasteiger partial charge in [0, 0.05) is 0 Å². The van der Waals surface area contributed by atoms with E-state index >= 15 is 0 Å². The Hall–Kier alpha value is -0.572. The molecule has 0 aromatic carbocycles. The molecule has 0 N–H and O–H groups in total. The Bertz CT molecular complexity index is 210. The van der Waals surface area contributed by atoms with E-state index in [0.29, 0.717) is 0 Å². The van der Waals surface area contributed by atoms with Gasteiger partial charge in [0.2, 0.25) is 0 Å². The van der Waals surface area contributed by atoms with Crippen LogP contribution in [0.25, 0.3) is 0 Å². The second kappa shape index (κ2) is 6.43. The molecule has 3 nitrogen and oxygen atoms in total. The van der Waals surface area contributed by atoms with Crippen molar-refractivity contribution in [2.24, 2.45) is 0 Å². The van der Waals surface area contributed by atoms with E-state index < -0.39 is 15.9 Å². The Labute approximate surface area is 51.0 Å². The molecule has 0 bridgehead atoms. The van der Waals surface area contributed by atoms with Crippen LogP contribution in [-0.4, -0.2) is 12.8 Å². The Morgan fingerprint density at radius 2 is 1.12 bits per heavy atom. The van der Waals surface area contributed by atoms with Crippen LogP contribution in [-0.2, 0) is 30.3 Å². The van der Waals surface area contributed by atoms with Crippen LogP contribution >= 0.6 is 0 Å². The van der Waals surface area contributed by atoms with Crippen molar-refractivity contribution in [1.29, 1.82) is 0 Å². The zero-order valence-electron chi connectivity index (χ0n) is 4.13. The molecule has 0 aliphatic rings. The fourth-order valence-corrected chi connectivity index (χ4v) is 0.302. The minimum Gasteiger partial charge on any atom is -0.358 e. The van der Waals surface area contributed by atoms with Crippen LogP contribution in [0.1, 0.15) is 0 Å². The molecule has 0 heterocycles. The van der Waals surface area contributed by atoms with Crippen LogP contribution < -0.4 is 0 Å². The van der Waals surface area contributed by atoms with Crippen molar-refractivity contribution in [3.05, 3.63) is 7.43 Å². The van der Waals surface area contributed by atoms with Gasteiger partial charge in [-0.3, -0.25) is 0 Å². The third-order valence-corrected chi connectivity index (χ3v) is 1.48. The van der Waals surface area contributed by atoms with Gasteiger partial charge in [0.05, 0.1) is 0 Å². The minimum atomic E-state index is -2.85. The number of carbonyl (C=O) groups excluding carboxylic acids is 3. The average Bonchev–Trinajstić information content (AvgIpc) is 1.72. The van der Waals surface area contributed by atoms with Crippen molar-refractivity contribution in [3.8, 4) is 0 Å². The molecular weight excluding hydrogens is 192 g/mol. The normalized spacial score (nSPS) is 4.50. The van der Waals surface area contributed by atoms with E-state index in [1.807, 2.05) is 0 Å². The van der Waals surface area contributed by atoms with Gasteiger partial charge in [-0.1, -0.05) is 0 Å². The summed E-state index contributed by atoms with van der Waals surface area (Å²) in [6.07, 6.45) is 0. The Kier molecular flexibility index (Phi) is 8.37. The molecule has 0 amide bonds. The molecule has 0 unspecified atom stereocenters. The summed E-state index contributed by atoms with van der Waals surface area (Å²) in [5.74, 6) is 0. The standard InChI is InChI=1S/3CO.CH3.Mo/c3*1-2;;/h;;;1H3;/q;;;-1;. The Balaban J connectivity index is 0. The maximum absolute atomic E-state index is 9.39. The van der Waals surface area contributed by atoms with Gasteiger partial charge in [-0.15, -0.1) is 0 Å². The second-order valence-electron chi connectivity index (χ2n) is 0.556. The molecule has 44 valence electrons. The third kappa shape index (κ3) is 3.61. The summed E-state index contributed by atoms with van der Waals surface area (Å²) in [6.45, 7) is 0. The first-order valence-corrected chi connectivity index (χ1v) is 4.24. The van der Waals surface area contributed by atoms with E-state index in [1.165, 1.54) is 12.8 Å². The van der Waals surface area contributed by atoms with Gasteiger partial charge in [-0.05, 0) is 0 Å². The van der Waals surface area contributed by atoms with E-state index in [0.717, 1.165) is 0 Å². The van der Waals surface area contributed by atoms with Crippen molar-refractivity contribution in [3.63, 3.8) is 0 Å². The van der Waals surface area contributed by atoms with Crippen LogP contribution in [0.3, 0.4) is 0 Å². The number of rotatable bonds is 0. The Morgan fingerprint density at radius 3 is 1.12 bits per heavy atom. The zero-order chi connectivity index (χ0) is 5.70. The van der Waals surface area contributed by atoms with Gasteiger partial charge in [-0.2, -0.15) is 0 Å². The first kappa shape index (κ1) is 10.4. The molecule has 0 fully saturated rings. The second-order valence-corrected chi connectivity index (χ2v) is 3.29. The molecule has 4 heteroatoms. The quantitative estimate of drug-likeness (QED) is 0.377. The molecule has 0 aromatic heterocycles. The van der Waals surface area contributed by atoms with Gasteiger partial charge in [-0.25, -0.2) is 0 Å². The topological polar surface area (TPSA) is 51.2 Å². The van der Waals surface area contributed by atoms with Crippen molar-refractivity contribution in [1.82, 2.24) is 0 Å².